The third-order valence-corrected chi connectivity index (χ3v) is 4.35. The Labute approximate surface area is 156 Å². The molecule has 0 spiro atoms. The second kappa shape index (κ2) is 8.85. The number of carbonyl (C=O) groups excluding carboxylic acids is 2. The van der Waals surface area contributed by atoms with Crippen molar-refractivity contribution in [3.05, 3.63) is 63.6 Å². The Hall–Kier alpha value is -2.08. The van der Waals surface area contributed by atoms with Crippen LogP contribution in [0.15, 0.2) is 42.5 Å². The first-order chi connectivity index (χ1) is 11.9. The lowest BCUT2D eigenvalue weighted by molar-refractivity contribution is -0.885. The molecule has 0 aliphatic carbocycles. The van der Waals surface area contributed by atoms with Crippen LogP contribution in [0.2, 0.25) is 10.0 Å². The fourth-order valence-corrected chi connectivity index (χ4v) is 2.71. The number of quaternary nitrogens is 1. The van der Waals surface area contributed by atoms with Gasteiger partial charge in [0.1, 0.15) is 6.54 Å². The van der Waals surface area contributed by atoms with E-state index in [2.05, 4.69) is 10.6 Å². The van der Waals surface area contributed by atoms with Crippen molar-refractivity contribution in [3.63, 3.8) is 0 Å². The third-order valence-electron chi connectivity index (χ3n) is 3.61. The zero-order chi connectivity index (χ0) is 18.4. The molecule has 0 bridgehead atoms. The van der Waals surface area contributed by atoms with Crippen LogP contribution in [0.4, 0.5) is 5.69 Å². The maximum atomic E-state index is 12.2. The first-order valence-corrected chi connectivity index (χ1v) is 8.52. The Morgan fingerprint density at radius 1 is 1.04 bits per heavy atom. The summed E-state index contributed by atoms with van der Waals surface area (Å²) in [4.78, 5) is 24.7. The second-order valence-electron chi connectivity index (χ2n) is 5.76. The Balaban J connectivity index is 1.88. The summed E-state index contributed by atoms with van der Waals surface area (Å²) in [6.45, 7) is 0.956. The van der Waals surface area contributed by atoms with Crippen LogP contribution in [0.5, 0.6) is 0 Å². The molecule has 0 heterocycles. The molecule has 0 radical (unpaired) electrons. The van der Waals surface area contributed by atoms with Gasteiger partial charge in [0.05, 0.1) is 17.1 Å². The number of hydrogen-bond donors (Lipinski definition) is 3. The van der Waals surface area contributed by atoms with E-state index in [1.165, 1.54) is 0 Å². The van der Waals surface area contributed by atoms with Crippen molar-refractivity contribution in [3.8, 4) is 0 Å². The number of likely N-dealkylation sites (N-methyl/N-ethyl adjacent to an activating group) is 1. The van der Waals surface area contributed by atoms with Gasteiger partial charge in [-0.3, -0.25) is 9.59 Å². The highest BCUT2D eigenvalue weighted by Gasteiger charge is 2.12. The molecule has 0 aliphatic rings. The summed E-state index contributed by atoms with van der Waals surface area (Å²) >= 11 is 11.9. The Bertz CT molecular complexity index is 763. The van der Waals surface area contributed by atoms with Crippen molar-refractivity contribution < 1.29 is 14.5 Å². The zero-order valence-electron chi connectivity index (χ0n) is 14.0. The van der Waals surface area contributed by atoms with Crippen LogP contribution in [-0.4, -0.2) is 32.5 Å². The Kier molecular flexibility index (Phi) is 6.82. The Morgan fingerprint density at radius 2 is 1.72 bits per heavy atom. The standard InChI is InChI=1S/C18H19Cl2N3O2/c1-21-18(25)13-4-6-14(7-5-13)22-17(24)11-23(2)10-12-3-8-15(19)16(20)9-12/h3-9H,10-11H2,1-2H3,(H,21,25)(H,22,24)/p+1. The van der Waals surface area contributed by atoms with Crippen molar-refractivity contribution in [2.24, 2.45) is 0 Å². The molecule has 2 aromatic rings. The lowest BCUT2D eigenvalue weighted by Crippen LogP contribution is -3.08. The van der Waals surface area contributed by atoms with E-state index in [0.29, 0.717) is 34.4 Å². The minimum absolute atomic E-state index is 0.106. The highest BCUT2D eigenvalue weighted by Crippen LogP contribution is 2.22. The zero-order valence-corrected chi connectivity index (χ0v) is 15.5. The van der Waals surface area contributed by atoms with E-state index < -0.39 is 0 Å². The van der Waals surface area contributed by atoms with Crippen LogP contribution in [0, 0.1) is 0 Å². The van der Waals surface area contributed by atoms with Gasteiger partial charge in [0.25, 0.3) is 11.8 Å². The van der Waals surface area contributed by atoms with Gasteiger partial charge in [-0.05, 0) is 36.4 Å². The van der Waals surface area contributed by atoms with E-state index >= 15 is 0 Å². The molecule has 7 heteroatoms. The molecule has 0 aromatic heterocycles. The highest BCUT2D eigenvalue weighted by molar-refractivity contribution is 6.42. The predicted octanol–water partition coefficient (Wildman–Crippen LogP) is 2.01. The fourth-order valence-electron chi connectivity index (χ4n) is 2.39. The van der Waals surface area contributed by atoms with E-state index in [1.54, 1.807) is 37.4 Å². The minimum Gasteiger partial charge on any atom is -0.355 e. The number of benzene rings is 2. The number of hydrogen-bond acceptors (Lipinski definition) is 2. The number of rotatable bonds is 6. The van der Waals surface area contributed by atoms with Gasteiger partial charge in [-0.1, -0.05) is 29.3 Å². The van der Waals surface area contributed by atoms with Crippen molar-refractivity contribution in [1.82, 2.24) is 5.32 Å². The number of halogens is 2. The van der Waals surface area contributed by atoms with Gasteiger partial charge in [0.2, 0.25) is 0 Å². The minimum atomic E-state index is -0.163. The van der Waals surface area contributed by atoms with Crippen molar-refractivity contribution in [2.75, 3.05) is 26.0 Å². The molecular weight excluding hydrogens is 361 g/mol. The molecule has 0 aliphatic heterocycles. The molecular formula is C18H20Cl2N3O2+. The van der Waals surface area contributed by atoms with Gasteiger partial charge in [-0.2, -0.15) is 0 Å². The third kappa shape index (κ3) is 5.74. The maximum absolute atomic E-state index is 12.2. The highest BCUT2D eigenvalue weighted by atomic mass is 35.5. The summed E-state index contributed by atoms with van der Waals surface area (Å²) in [5.41, 5.74) is 2.21. The summed E-state index contributed by atoms with van der Waals surface area (Å²) in [6, 6.07) is 12.2. The topological polar surface area (TPSA) is 62.6 Å². The second-order valence-corrected chi connectivity index (χ2v) is 6.58. The summed E-state index contributed by atoms with van der Waals surface area (Å²) in [6.07, 6.45) is 0. The monoisotopic (exact) mass is 380 g/mol. The lowest BCUT2D eigenvalue weighted by atomic mass is 10.2. The molecule has 0 saturated heterocycles. The van der Waals surface area contributed by atoms with E-state index in [9.17, 15) is 9.59 Å². The van der Waals surface area contributed by atoms with Crippen LogP contribution in [0.3, 0.4) is 0 Å². The molecule has 1 unspecified atom stereocenters. The van der Waals surface area contributed by atoms with Crippen LogP contribution >= 0.6 is 23.2 Å². The summed E-state index contributed by atoms with van der Waals surface area (Å²) < 4.78 is 0. The SMILES string of the molecule is CNC(=O)c1ccc(NC(=O)C[NH+](C)Cc2ccc(Cl)c(Cl)c2)cc1. The molecule has 0 saturated carbocycles. The smallest absolute Gasteiger partial charge is 0.279 e. The summed E-state index contributed by atoms with van der Waals surface area (Å²) in [7, 11) is 3.50. The lowest BCUT2D eigenvalue weighted by Gasteiger charge is -2.14. The van der Waals surface area contributed by atoms with Gasteiger partial charge in [-0.25, -0.2) is 0 Å². The Morgan fingerprint density at radius 3 is 2.32 bits per heavy atom. The van der Waals surface area contributed by atoms with E-state index in [-0.39, 0.29) is 11.8 Å². The average molecular weight is 381 g/mol. The van der Waals surface area contributed by atoms with Crippen LogP contribution in [-0.2, 0) is 11.3 Å². The van der Waals surface area contributed by atoms with E-state index in [1.807, 2.05) is 19.2 Å². The van der Waals surface area contributed by atoms with Gasteiger partial charge >= 0.3 is 0 Å². The molecule has 2 amide bonds. The summed E-state index contributed by atoms with van der Waals surface area (Å²) in [5, 5.41) is 6.40. The van der Waals surface area contributed by atoms with Gasteiger partial charge in [0.15, 0.2) is 6.54 Å². The normalized spacial score (nSPS) is 11.7. The molecule has 3 N–H and O–H groups in total. The molecule has 1 atom stereocenters. The number of carbonyl (C=O) groups is 2. The molecule has 2 aromatic carbocycles. The first kappa shape index (κ1) is 19.2. The van der Waals surface area contributed by atoms with Crippen molar-refractivity contribution in [1.29, 1.82) is 0 Å². The molecule has 0 fully saturated rings. The average Bonchev–Trinajstić information content (AvgIpc) is 2.58. The number of nitrogens with one attached hydrogen (secondary N) is 3. The first-order valence-electron chi connectivity index (χ1n) is 7.76. The number of amides is 2. The van der Waals surface area contributed by atoms with Gasteiger partial charge in [0, 0.05) is 23.9 Å². The van der Waals surface area contributed by atoms with Crippen LogP contribution < -0.4 is 15.5 Å². The predicted molar refractivity (Wildman–Crippen MR) is 100 cm³/mol. The van der Waals surface area contributed by atoms with Gasteiger partial charge < -0.3 is 15.5 Å². The maximum Gasteiger partial charge on any atom is 0.279 e. The molecule has 5 nitrogen and oxygen atoms in total. The van der Waals surface area contributed by atoms with Crippen molar-refractivity contribution in [2.45, 2.75) is 6.54 Å². The van der Waals surface area contributed by atoms with Crippen LogP contribution in [0.1, 0.15) is 15.9 Å². The number of anilines is 1. The van der Waals surface area contributed by atoms with E-state index in [0.717, 1.165) is 10.5 Å². The van der Waals surface area contributed by atoms with E-state index in [4.69, 9.17) is 23.2 Å². The summed E-state index contributed by atoms with van der Waals surface area (Å²) in [5.74, 6) is -0.270. The van der Waals surface area contributed by atoms with Crippen molar-refractivity contribution >= 4 is 40.7 Å². The largest absolute Gasteiger partial charge is 0.355 e. The molecule has 132 valence electrons. The van der Waals surface area contributed by atoms with Crippen LogP contribution in [0.25, 0.3) is 0 Å². The quantitative estimate of drug-likeness (QED) is 0.717. The molecule has 2 rings (SSSR count). The van der Waals surface area contributed by atoms with Gasteiger partial charge in [-0.15, -0.1) is 0 Å². The fraction of sp³-hybridized carbons (Fsp3) is 0.222. The molecule has 25 heavy (non-hydrogen) atoms.